The molecule has 2 amide bonds. The quantitative estimate of drug-likeness (QED) is 0.434. The Morgan fingerprint density at radius 3 is 2.31 bits per heavy atom. The van der Waals surface area contributed by atoms with E-state index in [1.165, 1.54) is 25.3 Å². The summed E-state index contributed by atoms with van der Waals surface area (Å²) in [6, 6.07) is 19.2. The molecule has 0 heterocycles. The minimum atomic E-state index is -1.59. The fourth-order valence-corrected chi connectivity index (χ4v) is 3.26. The monoisotopic (exact) mass is 434 g/mol. The molecule has 2 unspecified atom stereocenters. The number of phenols is 1. The second-order valence-corrected chi connectivity index (χ2v) is 7.27. The van der Waals surface area contributed by atoms with Gasteiger partial charge < -0.3 is 25.6 Å². The number of aliphatic hydroxyl groups is 1. The van der Waals surface area contributed by atoms with E-state index >= 15 is 0 Å². The molecule has 0 saturated carbocycles. The summed E-state index contributed by atoms with van der Waals surface area (Å²) in [4.78, 5) is 25.6. The number of methoxy groups -OCH3 is 1. The molecule has 0 bridgehead atoms. The molecule has 0 aliphatic rings. The van der Waals surface area contributed by atoms with Gasteiger partial charge in [-0.1, -0.05) is 49.4 Å². The summed E-state index contributed by atoms with van der Waals surface area (Å²) in [5.41, 5.74) is 2.34. The standard InChI is InChI=1S/C25H26N2O5/c1-3-16-9-11-18(12-10-16)24(30)27-22(17-7-5-4-6-8-17)23(29)25(31)26-19-13-20(28)15-21(14-19)32-2/h4-15,22-23,28-29H,3H2,1-2H3,(H,26,31)(H,27,30). The van der Waals surface area contributed by atoms with E-state index in [4.69, 9.17) is 4.74 Å². The lowest BCUT2D eigenvalue weighted by Crippen LogP contribution is -2.42. The van der Waals surface area contributed by atoms with Crippen LogP contribution in [-0.2, 0) is 11.2 Å². The van der Waals surface area contributed by atoms with Crippen molar-refractivity contribution in [2.45, 2.75) is 25.5 Å². The molecule has 7 nitrogen and oxygen atoms in total. The molecule has 166 valence electrons. The predicted octanol–water partition coefficient (Wildman–Crippen LogP) is 3.43. The Bertz CT molecular complexity index is 1070. The average molecular weight is 434 g/mol. The first kappa shape index (κ1) is 22.8. The van der Waals surface area contributed by atoms with Gasteiger partial charge >= 0.3 is 0 Å². The molecule has 3 aromatic carbocycles. The van der Waals surface area contributed by atoms with Crippen molar-refractivity contribution < 1.29 is 24.5 Å². The number of nitrogens with one attached hydrogen (secondary N) is 2. The summed E-state index contributed by atoms with van der Waals surface area (Å²) >= 11 is 0. The Balaban J connectivity index is 1.82. The predicted molar refractivity (Wildman–Crippen MR) is 122 cm³/mol. The number of benzene rings is 3. The smallest absolute Gasteiger partial charge is 0.255 e. The Morgan fingerprint density at radius 2 is 1.69 bits per heavy atom. The molecular weight excluding hydrogens is 408 g/mol. The summed E-state index contributed by atoms with van der Waals surface area (Å²) in [6.07, 6.45) is -0.739. The van der Waals surface area contributed by atoms with Gasteiger partial charge in [0.1, 0.15) is 11.5 Å². The van der Waals surface area contributed by atoms with E-state index in [1.54, 1.807) is 42.5 Å². The topological polar surface area (TPSA) is 108 Å². The van der Waals surface area contributed by atoms with Crippen LogP contribution >= 0.6 is 0 Å². The lowest BCUT2D eigenvalue weighted by molar-refractivity contribution is -0.125. The fourth-order valence-electron chi connectivity index (χ4n) is 3.26. The van der Waals surface area contributed by atoms with E-state index in [1.807, 2.05) is 19.1 Å². The number of aliphatic hydroxyl groups excluding tert-OH is 1. The van der Waals surface area contributed by atoms with Gasteiger partial charge in [0, 0.05) is 29.4 Å². The average Bonchev–Trinajstić information content (AvgIpc) is 2.82. The number of ether oxygens (including phenoxy) is 1. The Labute approximate surface area is 186 Å². The van der Waals surface area contributed by atoms with Crippen molar-refractivity contribution in [2.24, 2.45) is 0 Å². The van der Waals surface area contributed by atoms with Gasteiger partial charge in [0.2, 0.25) is 0 Å². The third-order valence-electron chi connectivity index (χ3n) is 5.05. The summed E-state index contributed by atoms with van der Waals surface area (Å²) in [5, 5.41) is 26.0. The van der Waals surface area contributed by atoms with Crippen molar-refractivity contribution >= 4 is 17.5 Å². The first-order chi connectivity index (χ1) is 15.4. The van der Waals surface area contributed by atoms with Crippen molar-refractivity contribution in [3.63, 3.8) is 0 Å². The van der Waals surface area contributed by atoms with Crippen molar-refractivity contribution in [3.05, 3.63) is 89.5 Å². The van der Waals surface area contributed by atoms with Gasteiger partial charge in [-0.3, -0.25) is 9.59 Å². The maximum Gasteiger partial charge on any atom is 0.255 e. The molecule has 4 N–H and O–H groups in total. The molecule has 0 aliphatic carbocycles. The molecular formula is C25H26N2O5. The first-order valence-corrected chi connectivity index (χ1v) is 10.2. The van der Waals surface area contributed by atoms with Crippen LogP contribution in [0.2, 0.25) is 0 Å². The molecule has 32 heavy (non-hydrogen) atoms. The molecule has 3 rings (SSSR count). The number of phenolic OH excluding ortho intramolecular Hbond substituents is 1. The number of rotatable bonds is 8. The van der Waals surface area contributed by atoms with E-state index in [0.29, 0.717) is 16.9 Å². The van der Waals surface area contributed by atoms with Crippen LogP contribution in [0.15, 0.2) is 72.8 Å². The van der Waals surface area contributed by atoms with E-state index in [9.17, 15) is 19.8 Å². The highest BCUT2D eigenvalue weighted by Crippen LogP contribution is 2.26. The maximum atomic E-state index is 12.8. The van der Waals surface area contributed by atoms with E-state index < -0.39 is 24.0 Å². The lowest BCUT2D eigenvalue weighted by atomic mass is 9.99. The van der Waals surface area contributed by atoms with E-state index in [-0.39, 0.29) is 11.4 Å². The lowest BCUT2D eigenvalue weighted by Gasteiger charge is -2.24. The Morgan fingerprint density at radius 1 is 1.00 bits per heavy atom. The number of hydrogen-bond acceptors (Lipinski definition) is 5. The molecule has 0 aromatic heterocycles. The Kier molecular flexibility index (Phi) is 7.46. The number of anilines is 1. The molecule has 7 heteroatoms. The van der Waals surface area contributed by atoms with Gasteiger partial charge in [-0.2, -0.15) is 0 Å². The zero-order valence-corrected chi connectivity index (χ0v) is 17.9. The highest BCUT2D eigenvalue weighted by molar-refractivity contribution is 5.97. The highest BCUT2D eigenvalue weighted by atomic mass is 16.5. The summed E-state index contributed by atoms with van der Waals surface area (Å²) in [7, 11) is 1.43. The van der Waals surface area contributed by atoms with Gasteiger partial charge in [-0.25, -0.2) is 0 Å². The van der Waals surface area contributed by atoms with Gasteiger partial charge in [-0.05, 0) is 29.7 Å². The fraction of sp³-hybridized carbons (Fsp3) is 0.200. The van der Waals surface area contributed by atoms with Gasteiger partial charge in [0.05, 0.1) is 13.2 Å². The molecule has 0 spiro atoms. The van der Waals surface area contributed by atoms with Gasteiger partial charge in [-0.15, -0.1) is 0 Å². The van der Waals surface area contributed by atoms with Crippen LogP contribution in [0, 0.1) is 0 Å². The summed E-state index contributed by atoms with van der Waals surface area (Å²) < 4.78 is 5.08. The first-order valence-electron chi connectivity index (χ1n) is 10.2. The van der Waals surface area contributed by atoms with Crippen molar-refractivity contribution in [1.82, 2.24) is 5.32 Å². The zero-order chi connectivity index (χ0) is 23.1. The van der Waals surface area contributed by atoms with Crippen LogP contribution in [0.1, 0.15) is 34.5 Å². The van der Waals surface area contributed by atoms with E-state index in [2.05, 4.69) is 10.6 Å². The summed E-state index contributed by atoms with van der Waals surface area (Å²) in [6.45, 7) is 2.03. The minimum Gasteiger partial charge on any atom is -0.508 e. The molecule has 0 saturated heterocycles. The number of amides is 2. The van der Waals surface area contributed by atoms with Crippen LogP contribution in [0.4, 0.5) is 5.69 Å². The number of carbonyl (C=O) groups excluding carboxylic acids is 2. The zero-order valence-electron chi connectivity index (χ0n) is 17.9. The van der Waals surface area contributed by atoms with Gasteiger partial charge in [0.15, 0.2) is 6.10 Å². The largest absolute Gasteiger partial charge is 0.508 e. The normalized spacial score (nSPS) is 12.5. The number of hydrogen-bond donors (Lipinski definition) is 4. The van der Waals surface area contributed by atoms with Crippen molar-refractivity contribution in [3.8, 4) is 11.5 Å². The number of aromatic hydroxyl groups is 1. The van der Waals surface area contributed by atoms with Crippen LogP contribution in [0.25, 0.3) is 0 Å². The minimum absolute atomic E-state index is 0.0995. The van der Waals surface area contributed by atoms with Crippen LogP contribution < -0.4 is 15.4 Å². The summed E-state index contributed by atoms with van der Waals surface area (Å²) in [5.74, 6) is -0.906. The van der Waals surface area contributed by atoms with Gasteiger partial charge in [0.25, 0.3) is 11.8 Å². The highest BCUT2D eigenvalue weighted by Gasteiger charge is 2.29. The molecule has 0 aliphatic heterocycles. The third-order valence-corrected chi connectivity index (χ3v) is 5.05. The molecule has 3 aromatic rings. The SMILES string of the molecule is CCc1ccc(C(=O)NC(c2ccccc2)C(O)C(=O)Nc2cc(O)cc(OC)c2)cc1. The Hall–Kier alpha value is -3.84. The second-order valence-electron chi connectivity index (χ2n) is 7.27. The van der Waals surface area contributed by atoms with Crippen molar-refractivity contribution in [1.29, 1.82) is 0 Å². The van der Waals surface area contributed by atoms with Crippen LogP contribution in [0.3, 0.4) is 0 Å². The van der Waals surface area contributed by atoms with Crippen LogP contribution in [0.5, 0.6) is 11.5 Å². The van der Waals surface area contributed by atoms with Crippen molar-refractivity contribution in [2.75, 3.05) is 12.4 Å². The number of aryl methyl sites for hydroxylation is 1. The number of carbonyl (C=O) groups is 2. The molecule has 2 atom stereocenters. The molecule has 0 fully saturated rings. The maximum absolute atomic E-state index is 12.8. The van der Waals surface area contributed by atoms with Crippen LogP contribution in [-0.4, -0.2) is 35.2 Å². The third kappa shape index (κ3) is 5.65. The van der Waals surface area contributed by atoms with E-state index in [0.717, 1.165) is 12.0 Å². The second kappa shape index (κ2) is 10.5. The molecule has 0 radical (unpaired) electrons.